The fraction of sp³-hybridized carbons (Fsp3) is 0.292. The van der Waals surface area contributed by atoms with Gasteiger partial charge in [-0.15, -0.1) is 0 Å². The van der Waals surface area contributed by atoms with E-state index >= 15 is 0 Å². The standard InChI is InChI=1S/C24H26N6O2/c31-20-10-12-29(13-11-20)16-18-7-5-4-6-17(18)14-25-24-27-22-21(23(32)28-24)15-26-30(22)19-8-2-1-3-9-19/h1-9,15,20,31H,10-14,16H2,(H2,25,27,28,32). The van der Waals surface area contributed by atoms with Crippen molar-refractivity contribution in [2.24, 2.45) is 0 Å². The van der Waals surface area contributed by atoms with Crippen molar-refractivity contribution in [3.05, 3.63) is 82.3 Å². The number of nitrogens with one attached hydrogen (secondary N) is 2. The molecule has 1 aliphatic rings. The Morgan fingerprint density at radius 1 is 1.03 bits per heavy atom. The second-order valence-electron chi connectivity index (χ2n) is 8.17. The number of rotatable bonds is 6. The van der Waals surface area contributed by atoms with E-state index in [1.165, 1.54) is 5.56 Å². The largest absolute Gasteiger partial charge is 0.393 e. The number of para-hydroxylation sites is 1. The lowest BCUT2D eigenvalue weighted by Gasteiger charge is -2.30. The Labute approximate surface area is 185 Å². The number of hydrogen-bond acceptors (Lipinski definition) is 6. The van der Waals surface area contributed by atoms with Gasteiger partial charge in [0.15, 0.2) is 5.65 Å². The number of aliphatic hydroxyl groups excluding tert-OH is 1. The van der Waals surface area contributed by atoms with Crippen LogP contribution in [0.1, 0.15) is 24.0 Å². The van der Waals surface area contributed by atoms with Gasteiger partial charge in [-0.25, -0.2) is 4.68 Å². The van der Waals surface area contributed by atoms with Gasteiger partial charge in [0.05, 0.1) is 18.0 Å². The minimum atomic E-state index is -0.222. The smallest absolute Gasteiger partial charge is 0.263 e. The fourth-order valence-electron chi connectivity index (χ4n) is 4.14. The first-order chi connectivity index (χ1) is 15.7. The van der Waals surface area contributed by atoms with Crippen LogP contribution in [0.25, 0.3) is 16.7 Å². The van der Waals surface area contributed by atoms with Gasteiger partial charge in [-0.05, 0) is 36.1 Å². The summed E-state index contributed by atoms with van der Waals surface area (Å²) in [6, 6.07) is 17.9. The molecule has 8 nitrogen and oxygen atoms in total. The highest BCUT2D eigenvalue weighted by atomic mass is 16.3. The molecule has 32 heavy (non-hydrogen) atoms. The van der Waals surface area contributed by atoms with Gasteiger partial charge in [0.25, 0.3) is 5.56 Å². The first-order valence-electron chi connectivity index (χ1n) is 10.9. The van der Waals surface area contributed by atoms with E-state index in [-0.39, 0.29) is 11.7 Å². The highest BCUT2D eigenvalue weighted by molar-refractivity contribution is 5.76. The van der Waals surface area contributed by atoms with Gasteiger partial charge in [-0.1, -0.05) is 42.5 Å². The zero-order valence-electron chi connectivity index (χ0n) is 17.7. The van der Waals surface area contributed by atoms with Crippen molar-refractivity contribution >= 4 is 17.0 Å². The summed E-state index contributed by atoms with van der Waals surface area (Å²) in [5, 5.41) is 17.8. The number of aliphatic hydroxyl groups is 1. The Bertz CT molecular complexity index is 1260. The van der Waals surface area contributed by atoms with Crippen molar-refractivity contribution in [2.75, 3.05) is 18.4 Å². The molecule has 1 aliphatic heterocycles. The molecular formula is C24H26N6O2. The van der Waals surface area contributed by atoms with E-state index in [1.54, 1.807) is 10.9 Å². The van der Waals surface area contributed by atoms with Gasteiger partial charge in [0.2, 0.25) is 5.95 Å². The molecule has 2 aromatic carbocycles. The monoisotopic (exact) mass is 430 g/mol. The Balaban J connectivity index is 1.36. The highest BCUT2D eigenvalue weighted by Crippen LogP contribution is 2.18. The van der Waals surface area contributed by atoms with Crippen LogP contribution in [0.3, 0.4) is 0 Å². The van der Waals surface area contributed by atoms with Crippen LogP contribution in [0, 0.1) is 0 Å². The summed E-state index contributed by atoms with van der Waals surface area (Å²) < 4.78 is 1.68. The summed E-state index contributed by atoms with van der Waals surface area (Å²) in [6.07, 6.45) is 3.01. The summed E-state index contributed by atoms with van der Waals surface area (Å²) in [5.41, 5.74) is 3.53. The molecule has 3 N–H and O–H groups in total. The van der Waals surface area contributed by atoms with Crippen molar-refractivity contribution in [2.45, 2.75) is 32.0 Å². The predicted octanol–water partition coefficient (Wildman–Crippen LogP) is 2.68. The van der Waals surface area contributed by atoms with Crippen LogP contribution >= 0.6 is 0 Å². The van der Waals surface area contributed by atoms with E-state index in [4.69, 9.17) is 0 Å². The van der Waals surface area contributed by atoms with Crippen molar-refractivity contribution in [3.63, 3.8) is 0 Å². The quantitative estimate of drug-likeness (QED) is 0.435. The third kappa shape index (κ3) is 4.28. The van der Waals surface area contributed by atoms with Crippen molar-refractivity contribution < 1.29 is 5.11 Å². The maximum Gasteiger partial charge on any atom is 0.263 e. The number of anilines is 1. The maximum absolute atomic E-state index is 12.6. The van der Waals surface area contributed by atoms with E-state index in [2.05, 4.69) is 37.4 Å². The molecule has 0 unspecified atom stereocenters. The molecule has 0 atom stereocenters. The van der Waals surface area contributed by atoms with Gasteiger partial charge < -0.3 is 10.4 Å². The normalized spacial score (nSPS) is 15.3. The number of likely N-dealkylation sites (tertiary alicyclic amines) is 1. The van der Waals surface area contributed by atoms with Crippen LogP contribution in [-0.2, 0) is 13.1 Å². The van der Waals surface area contributed by atoms with Gasteiger partial charge in [-0.2, -0.15) is 10.1 Å². The lowest BCUT2D eigenvalue weighted by Crippen LogP contribution is -2.35. The topological polar surface area (TPSA) is 99.1 Å². The summed E-state index contributed by atoms with van der Waals surface area (Å²) >= 11 is 0. The summed E-state index contributed by atoms with van der Waals surface area (Å²) in [6.45, 7) is 3.19. The number of fused-ring (bicyclic) bond motifs is 1. The second kappa shape index (κ2) is 8.94. The molecule has 0 radical (unpaired) electrons. The number of H-pyrrole nitrogens is 1. The van der Waals surface area contributed by atoms with E-state index in [1.807, 2.05) is 42.5 Å². The molecule has 0 aliphatic carbocycles. The highest BCUT2D eigenvalue weighted by Gasteiger charge is 2.18. The molecule has 8 heteroatoms. The van der Waals surface area contributed by atoms with E-state index in [0.29, 0.717) is 23.5 Å². The SMILES string of the molecule is O=c1[nH]c(NCc2ccccc2CN2CCC(O)CC2)nc2c1cnn2-c1ccccc1. The lowest BCUT2D eigenvalue weighted by atomic mass is 10.0. The van der Waals surface area contributed by atoms with Crippen molar-refractivity contribution in [3.8, 4) is 5.69 Å². The zero-order valence-corrected chi connectivity index (χ0v) is 17.7. The Morgan fingerprint density at radius 2 is 1.75 bits per heavy atom. The molecule has 1 fully saturated rings. The number of piperidine rings is 1. The molecule has 0 spiro atoms. The third-order valence-electron chi connectivity index (χ3n) is 5.95. The first-order valence-corrected chi connectivity index (χ1v) is 10.9. The summed E-state index contributed by atoms with van der Waals surface area (Å²) in [4.78, 5) is 22.4. The van der Waals surface area contributed by atoms with Crippen LogP contribution in [-0.4, -0.2) is 48.9 Å². The van der Waals surface area contributed by atoms with Gasteiger partial charge >= 0.3 is 0 Å². The lowest BCUT2D eigenvalue weighted by molar-refractivity contribution is 0.0791. The molecular weight excluding hydrogens is 404 g/mol. The Hall–Kier alpha value is -3.49. The number of aromatic nitrogens is 4. The van der Waals surface area contributed by atoms with Crippen LogP contribution in [0.2, 0.25) is 0 Å². The Morgan fingerprint density at radius 3 is 2.53 bits per heavy atom. The Kier molecular flexibility index (Phi) is 5.70. The number of aromatic amines is 1. The molecule has 2 aromatic heterocycles. The van der Waals surface area contributed by atoms with Gasteiger partial charge in [-0.3, -0.25) is 14.7 Å². The van der Waals surface area contributed by atoms with E-state index in [9.17, 15) is 9.90 Å². The molecule has 3 heterocycles. The minimum Gasteiger partial charge on any atom is -0.393 e. The van der Waals surface area contributed by atoms with Crippen LogP contribution in [0.5, 0.6) is 0 Å². The first kappa shape index (κ1) is 20.4. The van der Waals surface area contributed by atoms with Gasteiger partial charge in [0, 0.05) is 26.2 Å². The van der Waals surface area contributed by atoms with Crippen LogP contribution in [0.4, 0.5) is 5.95 Å². The number of nitrogens with zero attached hydrogens (tertiary/aromatic N) is 4. The van der Waals surface area contributed by atoms with Crippen LogP contribution in [0.15, 0.2) is 65.6 Å². The zero-order chi connectivity index (χ0) is 21.9. The maximum atomic E-state index is 12.6. The fourth-order valence-corrected chi connectivity index (χ4v) is 4.14. The van der Waals surface area contributed by atoms with E-state index < -0.39 is 0 Å². The van der Waals surface area contributed by atoms with Crippen LogP contribution < -0.4 is 10.9 Å². The third-order valence-corrected chi connectivity index (χ3v) is 5.95. The molecule has 1 saturated heterocycles. The van der Waals surface area contributed by atoms with Crippen molar-refractivity contribution in [1.82, 2.24) is 24.6 Å². The van der Waals surface area contributed by atoms with Gasteiger partial charge in [0.1, 0.15) is 5.39 Å². The molecule has 164 valence electrons. The number of hydrogen-bond donors (Lipinski definition) is 3. The van der Waals surface area contributed by atoms with E-state index in [0.717, 1.165) is 43.7 Å². The number of benzene rings is 2. The molecule has 4 aromatic rings. The molecule has 5 rings (SSSR count). The van der Waals surface area contributed by atoms with Crippen molar-refractivity contribution in [1.29, 1.82) is 0 Å². The second-order valence-corrected chi connectivity index (χ2v) is 8.17. The molecule has 0 bridgehead atoms. The minimum absolute atomic E-state index is 0.176. The average molecular weight is 431 g/mol. The molecule has 0 saturated carbocycles. The average Bonchev–Trinajstić information content (AvgIpc) is 3.25. The summed E-state index contributed by atoms with van der Waals surface area (Å²) in [7, 11) is 0. The molecule has 0 amide bonds. The predicted molar refractivity (Wildman–Crippen MR) is 124 cm³/mol. The summed E-state index contributed by atoms with van der Waals surface area (Å²) in [5.74, 6) is 0.413.